The standard InChI is InChI=1S/C5H10O2.C3H6N6/c1-3-4(2)5(6)7;4-1-7-2(5)9-3(6)8-1/h4H,3H2,1-2H3,(H,6,7);(H6,4,5,6,7,8,9). The number of aliphatic carboxylic acids is 1. The summed E-state index contributed by atoms with van der Waals surface area (Å²) in [5, 5.41) is 8.18. The lowest BCUT2D eigenvalue weighted by Gasteiger charge is -1.96. The van der Waals surface area contributed by atoms with E-state index in [9.17, 15) is 4.79 Å². The lowest BCUT2D eigenvalue weighted by Crippen LogP contribution is -2.06. The highest BCUT2D eigenvalue weighted by Gasteiger charge is 2.05. The van der Waals surface area contributed by atoms with Crippen molar-refractivity contribution in [1.82, 2.24) is 15.0 Å². The summed E-state index contributed by atoms with van der Waals surface area (Å²) in [4.78, 5) is 20.4. The molecular formula is C8H16N6O2. The Kier molecular flexibility index (Phi) is 5.53. The molecule has 0 aliphatic carbocycles. The maximum absolute atomic E-state index is 9.93. The van der Waals surface area contributed by atoms with Crippen molar-refractivity contribution in [2.24, 2.45) is 5.92 Å². The van der Waals surface area contributed by atoms with E-state index in [0.29, 0.717) is 0 Å². The van der Waals surface area contributed by atoms with E-state index >= 15 is 0 Å². The van der Waals surface area contributed by atoms with Crippen molar-refractivity contribution in [1.29, 1.82) is 0 Å². The van der Waals surface area contributed by atoms with Gasteiger partial charge in [0, 0.05) is 0 Å². The Morgan fingerprint density at radius 1 is 1.19 bits per heavy atom. The minimum atomic E-state index is -0.706. The molecule has 8 nitrogen and oxygen atoms in total. The molecule has 0 spiro atoms. The quantitative estimate of drug-likeness (QED) is 0.539. The molecule has 0 saturated carbocycles. The monoisotopic (exact) mass is 228 g/mol. The van der Waals surface area contributed by atoms with Crippen LogP contribution in [0.25, 0.3) is 0 Å². The van der Waals surface area contributed by atoms with Gasteiger partial charge in [0.25, 0.3) is 0 Å². The molecule has 1 atom stereocenters. The van der Waals surface area contributed by atoms with Crippen molar-refractivity contribution >= 4 is 23.8 Å². The van der Waals surface area contributed by atoms with E-state index in [1.165, 1.54) is 0 Å². The van der Waals surface area contributed by atoms with E-state index < -0.39 is 5.97 Å². The topological polar surface area (TPSA) is 154 Å². The van der Waals surface area contributed by atoms with Crippen LogP contribution in [0, 0.1) is 5.92 Å². The third-order valence-electron chi connectivity index (χ3n) is 1.72. The molecule has 1 aromatic rings. The Bertz CT molecular complexity index is 306. The summed E-state index contributed by atoms with van der Waals surface area (Å²) >= 11 is 0. The van der Waals surface area contributed by atoms with Crippen LogP contribution >= 0.6 is 0 Å². The van der Waals surface area contributed by atoms with Crippen LogP contribution in [0.15, 0.2) is 0 Å². The number of carbonyl (C=O) groups is 1. The Morgan fingerprint density at radius 3 is 1.62 bits per heavy atom. The predicted molar refractivity (Wildman–Crippen MR) is 60.2 cm³/mol. The van der Waals surface area contributed by atoms with Gasteiger partial charge in [-0.25, -0.2) is 0 Å². The summed E-state index contributed by atoms with van der Waals surface area (Å²) in [6, 6.07) is 0. The maximum Gasteiger partial charge on any atom is 0.306 e. The van der Waals surface area contributed by atoms with E-state index in [1.54, 1.807) is 6.92 Å². The van der Waals surface area contributed by atoms with Crippen LogP contribution in [0.2, 0.25) is 0 Å². The molecule has 0 radical (unpaired) electrons. The van der Waals surface area contributed by atoms with Crippen molar-refractivity contribution in [3.05, 3.63) is 0 Å². The van der Waals surface area contributed by atoms with Gasteiger partial charge < -0.3 is 22.3 Å². The van der Waals surface area contributed by atoms with Crippen LogP contribution in [0.3, 0.4) is 0 Å². The van der Waals surface area contributed by atoms with Gasteiger partial charge in [-0.2, -0.15) is 15.0 Å². The Balaban J connectivity index is 0.000000293. The molecule has 7 N–H and O–H groups in total. The zero-order valence-electron chi connectivity index (χ0n) is 9.21. The zero-order chi connectivity index (χ0) is 12.7. The van der Waals surface area contributed by atoms with Crippen molar-refractivity contribution in [3.8, 4) is 0 Å². The van der Waals surface area contributed by atoms with Gasteiger partial charge in [-0.15, -0.1) is 0 Å². The number of carboxylic acids is 1. The fourth-order valence-electron chi connectivity index (χ4n) is 0.602. The lowest BCUT2D eigenvalue weighted by atomic mass is 10.1. The largest absolute Gasteiger partial charge is 0.481 e. The Labute approximate surface area is 92.9 Å². The molecule has 0 amide bonds. The number of nitrogen functional groups attached to an aromatic ring is 3. The fourth-order valence-corrected chi connectivity index (χ4v) is 0.602. The number of hydrogen-bond donors (Lipinski definition) is 4. The fraction of sp³-hybridized carbons (Fsp3) is 0.500. The molecule has 0 saturated heterocycles. The predicted octanol–water partition coefficient (Wildman–Crippen LogP) is -0.265. The van der Waals surface area contributed by atoms with E-state index in [-0.39, 0.29) is 23.8 Å². The Morgan fingerprint density at radius 2 is 1.50 bits per heavy atom. The maximum atomic E-state index is 9.93. The molecule has 1 unspecified atom stereocenters. The van der Waals surface area contributed by atoms with Gasteiger partial charge in [-0.05, 0) is 6.42 Å². The van der Waals surface area contributed by atoms with E-state index in [1.807, 2.05) is 6.92 Å². The minimum absolute atomic E-state index is 0.0417. The van der Waals surface area contributed by atoms with Gasteiger partial charge in [0.2, 0.25) is 17.8 Å². The lowest BCUT2D eigenvalue weighted by molar-refractivity contribution is -0.141. The first-order chi connectivity index (χ1) is 7.36. The second-order valence-electron chi connectivity index (χ2n) is 3.06. The summed E-state index contributed by atoms with van der Waals surface area (Å²) in [7, 11) is 0. The number of hydrogen-bond acceptors (Lipinski definition) is 7. The van der Waals surface area contributed by atoms with Gasteiger partial charge in [0.1, 0.15) is 0 Å². The van der Waals surface area contributed by atoms with Gasteiger partial charge in [-0.1, -0.05) is 13.8 Å². The van der Waals surface area contributed by atoms with Crippen LogP contribution < -0.4 is 17.2 Å². The zero-order valence-corrected chi connectivity index (χ0v) is 9.21. The molecule has 1 aromatic heterocycles. The molecule has 0 aliphatic rings. The first-order valence-electron chi connectivity index (χ1n) is 4.62. The molecule has 0 fully saturated rings. The third-order valence-corrected chi connectivity index (χ3v) is 1.72. The van der Waals surface area contributed by atoms with Crippen molar-refractivity contribution in [2.75, 3.05) is 17.2 Å². The number of nitrogens with zero attached hydrogens (tertiary/aromatic N) is 3. The first kappa shape index (κ1) is 13.9. The van der Waals surface area contributed by atoms with Gasteiger partial charge in [0.15, 0.2) is 0 Å². The number of anilines is 3. The van der Waals surface area contributed by atoms with Gasteiger partial charge in [-0.3, -0.25) is 4.79 Å². The molecule has 90 valence electrons. The molecule has 8 heteroatoms. The van der Waals surface area contributed by atoms with E-state index in [2.05, 4.69) is 15.0 Å². The summed E-state index contributed by atoms with van der Waals surface area (Å²) < 4.78 is 0. The number of nitrogens with two attached hydrogens (primary N) is 3. The van der Waals surface area contributed by atoms with E-state index in [0.717, 1.165) is 6.42 Å². The molecule has 0 aliphatic heterocycles. The van der Waals surface area contributed by atoms with Crippen molar-refractivity contribution in [2.45, 2.75) is 20.3 Å². The molecule has 0 aromatic carbocycles. The summed E-state index contributed by atoms with van der Waals surface area (Å²) in [5.41, 5.74) is 15.4. The molecule has 0 bridgehead atoms. The number of carboxylic acid groups (broad SMARTS) is 1. The van der Waals surface area contributed by atoms with Crippen LogP contribution in [0.1, 0.15) is 20.3 Å². The van der Waals surface area contributed by atoms with Gasteiger partial charge in [0.05, 0.1) is 5.92 Å². The van der Waals surface area contributed by atoms with Crippen LogP contribution in [-0.4, -0.2) is 26.0 Å². The van der Waals surface area contributed by atoms with Crippen LogP contribution in [0.4, 0.5) is 17.8 Å². The molecule has 16 heavy (non-hydrogen) atoms. The average molecular weight is 228 g/mol. The number of aromatic nitrogens is 3. The first-order valence-corrected chi connectivity index (χ1v) is 4.62. The summed E-state index contributed by atoms with van der Waals surface area (Å²) in [5.74, 6) is -0.762. The van der Waals surface area contributed by atoms with Gasteiger partial charge >= 0.3 is 5.97 Å². The normalized spacial score (nSPS) is 11.1. The minimum Gasteiger partial charge on any atom is -0.481 e. The van der Waals surface area contributed by atoms with Crippen molar-refractivity contribution in [3.63, 3.8) is 0 Å². The van der Waals surface area contributed by atoms with Crippen LogP contribution in [0.5, 0.6) is 0 Å². The molecular weight excluding hydrogens is 212 g/mol. The van der Waals surface area contributed by atoms with E-state index in [4.69, 9.17) is 22.3 Å². The van der Waals surface area contributed by atoms with Crippen molar-refractivity contribution < 1.29 is 9.90 Å². The third kappa shape index (κ3) is 5.58. The van der Waals surface area contributed by atoms with Crippen LogP contribution in [-0.2, 0) is 4.79 Å². The average Bonchev–Trinajstić information content (AvgIpc) is 2.15. The summed E-state index contributed by atoms with van der Waals surface area (Å²) in [6.07, 6.45) is 0.718. The smallest absolute Gasteiger partial charge is 0.306 e. The highest BCUT2D eigenvalue weighted by atomic mass is 16.4. The Hall–Kier alpha value is -2.12. The molecule has 1 rings (SSSR count). The molecule has 1 heterocycles. The second-order valence-corrected chi connectivity index (χ2v) is 3.06. The highest BCUT2D eigenvalue weighted by molar-refractivity contribution is 5.69. The highest BCUT2D eigenvalue weighted by Crippen LogP contribution is 1.98. The summed E-state index contributed by atoms with van der Waals surface area (Å²) in [6.45, 7) is 3.56. The SMILES string of the molecule is CCC(C)C(=O)O.Nc1nc(N)nc(N)n1. The number of rotatable bonds is 2. The second kappa shape index (κ2) is 6.38.